The van der Waals surface area contributed by atoms with E-state index in [0.717, 1.165) is 11.8 Å². The van der Waals surface area contributed by atoms with Gasteiger partial charge in [-0.15, -0.1) is 0 Å². The first-order chi connectivity index (χ1) is 10.7. The average molecular weight is 307 g/mol. The van der Waals surface area contributed by atoms with E-state index in [0.29, 0.717) is 5.92 Å². The Morgan fingerprint density at radius 1 is 0.818 bits per heavy atom. The molecule has 3 rings (SSSR count). The molecule has 22 heavy (non-hydrogen) atoms. The van der Waals surface area contributed by atoms with Gasteiger partial charge >= 0.3 is 6.61 Å². The molecule has 1 nitrogen and oxygen atoms in total. The molecule has 0 atom stereocenters. The molecule has 2 saturated carbocycles. The van der Waals surface area contributed by atoms with Gasteiger partial charge in [0.05, 0.1) is 0 Å². The maximum absolute atomic E-state index is 12.2. The summed E-state index contributed by atoms with van der Waals surface area (Å²) >= 11 is 0. The summed E-state index contributed by atoms with van der Waals surface area (Å²) in [5.41, 5.74) is 1.28. The Morgan fingerprint density at radius 3 is 2.00 bits per heavy atom. The zero-order valence-corrected chi connectivity index (χ0v) is 13.0. The second-order valence-corrected chi connectivity index (χ2v) is 6.76. The lowest BCUT2D eigenvalue weighted by atomic mass is 9.70. The minimum atomic E-state index is -2.74. The quantitative estimate of drug-likeness (QED) is 0.667. The van der Waals surface area contributed by atoms with Gasteiger partial charge in [-0.3, -0.25) is 0 Å². The van der Waals surface area contributed by atoms with Crippen LogP contribution in [0.1, 0.15) is 62.8 Å². The number of hydrogen-bond acceptors (Lipinski definition) is 1. The highest BCUT2D eigenvalue weighted by Crippen LogP contribution is 2.42. The van der Waals surface area contributed by atoms with E-state index in [4.69, 9.17) is 0 Å². The summed E-state index contributed by atoms with van der Waals surface area (Å²) in [5.74, 6) is 2.69. The summed E-state index contributed by atoms with van der Waals surface area (Å²) in [6.07, 6.45) is 12.9. The highest BCUT2D eigenvalue weighted by atomic mass is 19.3. The molecular formula is C19H25F2O. The molecule has 0 aromatic heterocycles. The Morgan fingerprint density at radius 2 is 1.41 bits per heavy atom. The summed E-state index contributed by atoms with van der Waals surface area (Å²) in [6, 6.07) is 7.26. The number of ether oxygens (including phenoxy) is 1. The molecule has 0 aliphatic heterocycles. The highest BCUT2D eigenvalue weighted by Gasteiger charge is 2.29. The number of hydrogen-bond donors (Lipinski definition) is 0. The van der Waals surface area contributed by atoms with Crippen molar-refractivity contribution in [3.63, 3.8) is 0 Å². The van der Waals surface area contributed by atoms with Crippen LogP contribution in [0.25, 0.3) is 0 Å². The SMILES string of the molecule is FC(F)Oc1ccc(C2CCC(C3CC[CH]CC3)CC2)cc1. The van der Waals surface area contributed by atoms with Crippen LogP contribution in [-0.2, 0) is 0 Å². The fraction of sp³-hybridized carbons (Fsp3) is 0.632. The van der Waals surface area contributed by atoms with E-state index in [1.165, 1.54) is 56.9 Å². The van der Waals surface area contributed by atoms with Gasteiger partial charge in [-0.2, -0.15) is 8.78 Å². The van der Waals surface area contributed by atoms with E-state index in [-0.39, 0.29) is 5.75 Å². The smallest absolute Gasteiger partial charge is 0.387 e. The van der Waals surface area contributed by atoms with Crippen LogP contribution in [-0.4, -0.2) is 6.61 Å². The summed E-state index contributed by atoms with van der Waals surface area (Å²) in [7, 11) is 0. The third-order valence-corrected chi connectivity index (χ3v) is 5.50. The molecule has 0 unspecified atom stereocenters. The van der Waals surface area contributed by atoms with Crippen LogP contribution >= 0.6 is 0 Å². The highest BCUT2D eigenvalue weighted by molar-refractivity contribution is 5.29. The van der Waals surface area contributed by atoms with Crippen molar-refractivity contribution >= 4 is 0 Å². The van der Waals surface area contributed by atoms with Crippen LogP contribution in [0.2, 0.25) is 0 Å². The lowest BCUT2D eigenvalue weighted by molar-refractivity contribution is -0.0498. The standard InChI is InChI=1S/C19H25F2O/c20-19(21)22-18-12-10-17(11-13-18)16-8-6-15(7-9-16)14-4-2-1-3-5-14/h1,10-16,19H,2-9H2. The molecule has 2 aliphatic carbocycles. The predicted molar refractivity (Wildman–Crippen MR) is 84.0 cm³/mol. The van der Waals surface area contributed by atoms with Crippen molar-refractivity contribution in [3.8, 4) is 5.75 Å². The molecule has 2 fully saturated rings. The molecule has 1 radical (unpaired) electrons. The van der Waals surface area contributed by atoms with E-state index in [1.54, 1.807) is 12.1 Å². The van der Waals surface area contributed by atoms with E-state index < -0.39 is 6.61 Å². The van der Waals surface area contributed by atoms with Gasteiger partial charge in [-0.1, -0.05) is 12.1 Å². The van der Waals surface area contributed by atoms with Gasteiger partial charge in [0.2, 0.25) is 0 Å². The molecular weight excluding hydrogens is 282 g/mol. The number of benzene rings is 1. The van der Waals surface area contributed by atoms with Crippen LogP contribution < -0.4 is 4.74 Å². The van der Waals surface area contributed by atoms with E-state index >= 15 is 0 Å². The van der Waals surface area contributed by atoms with Crippen molar-refractivity contribution in [2.24, 2.45) is 11.8 Å². The number of alkyl halides is 2. The third-order valence-electron chi connectivity index (χ3n) is 5.50. The van der Waals surface area contributed by atoms with Crippen LogP contribution in [0.15, 0.2) is 24.3 Å². The summed E-state index contributed by atoms with van der Waals surface area (Å²) in [6.45, 7) is -2.74. The van der Waals surface area contributed by atoms with Crippen LogP contribution in [0.4, 0.5) is 8.78 Å². The van der Waals surface area contributed by atoms with Gasteiger partial charge in [-0.05, 0) is 93.2 Å². The third kappa shape index (κ3) is 3.99. The second-order valence-electron chi connectivity index (χ2n) is 6.76. The van der Waals surface area contributed by atoms with Gasteiger partial charge < -0.3 is 4.74 Å². The molecule has 0 amide bonds. The van der Waals surface area contributed by atoms with Crippen molar-refractivity contribution in [1.82, 2.24) is 0 Å². The fourth-order valence-electron chi connectivity index (χ4n) is 4.27. The zero-order chi connectivity index (χ0) is 15.4. The summed E-state index contributed by atoms with van der Waals surface area (Å²) < 4.78 is 28.8. The second kappa shape index (κ2) is 7.43. The van der Waals surface area contributed by atoms with Gasteiger partial charge in [0.15, 0.2) is 0 Å². The number of halogens is 2. The normalized spacial score (nSPS) is 27.0. The lowest BCUT2D eigenvalue weighted by Gasteiger charge is -2.36. The Hall–Kier alpha value is -1.12. The van der Waals surface area contributed by atoms with E-state index in [9.17, 15) is 8.78 Å². The molecule has 3 heteroatoms. The Labute approximate surface area is 132 Å². The fourth-order valence-corrected chi connectivity index (χ4v) is 4.27. The van der Waals surface area contributed by atoms with Gasteiger partial charge in [0, 0.05) is 0 Å². The molecule has 0 spiro atoms. The predicted octanol–water partition coefficient (Wildman–Crippen LogP) is 5.96. The van der Waals surface area contributed by atoms with Crippen molar-refractivity contribution in [2.45, 2.75) is 63.9 Å². The number of rotatable bonds is 4. The first-order valence-electron chi connectivity index (χ1n) is 8.59. The minimum Gasteiger partial charge on any atom is -0.435 e. The molecule has 1 aromatic carbocycles. The molecule has 0 saturated heterocycles. The first-order valence-corrected chi connectivity index (χ1v) is 8.59. The molecule has 121 valence electrons. The molecule has 2 aliphatic rings. The van der Waals surface area contributed by atoms with Crippen molar-refractivity contribution in [2.75, 3.05) is 0 Å². The molecule has 0 N–H and O–H groups in total. The average Bonchev–Trinajstić information content (AvgIpc) is 2.56. The van der Waals surface area contributed by atoms with Crippen LogP contribution in [0.3, 0.4) is 0 Å². The van der Waals surface area contributed by atoms with Crippen LogP contribution in [0, 0.1) is 18.3 Å². The Balaban J connectivity index is 1.52. The van der Waals surface area contributed by atoms with Crippen LogP contribution in [0.5, 0.6) is 5.75 Å². The maximum atomic E-state index is 12.2. The molecule has 0 heterocycles. The summed E-state index contributed by atoms with van der Waals surface area (Å²) in [5, 5.41) is 0. The van der Waals surface area contributed by atoms with Crippen molar-refractivity contribution < 1.29 is 13.5 Å². The zero-order valence-electron chi connectivity index (χ0n) is 13.0. The van der Waals surface area contributed by atoms with Gasteiger partial charge in [0.1, 0.15) is 5.75 Å². The largest absolute Gasteiger partial charge is 0.435 e. The van der Waals surface area contributed by atoms with Crippen molar-refractivity contribution in [1.29, 1.82) is 0 Å². The Kier molecular flexibility index (Phi) is 5.32. The summed E-state index contributed by atoms with van der Waals surface area (Å²) in [4.78, 5) is 0. The van der Waals surface area contributed by atoms with Gasteiger partial charge in [-0.25, -0.2) is 0 Å². The van der Waals surface area contributed by atoms with Crippen molar-refractivity contribution in [3.05, 3.63) is 36.2 Å². The minimum absolute atomic E-state index is 0.255. The Bertz CT molecular complexity index is 443. The first kappa shape index (κ1) is 15.8. The van der Waals surface area contributed by atoms with E-state index in [1.807, 2.05) is 12.1 Å². The lowest BCUT2D eigenvalue weighted by Crippen LogP contribution is -2.23. The molecule has 1 aromatic rings. The van der Waals surface area contributed by atoms with E-state index in [2.05, 4.69) is 11.2 Å². The van der Waals surface area contributed by atoms with Gasteiger partial charge in [0.25, 0.3) is 0 Å². The monoisotopic (exact) mass is 307 g/mol. The molecule has 0 bridgehead atoms. The maximum Gasteiger partial charge on any atom is 0.387 e. The topological polar surface area (TPSA) is 9.23 Å².